The van der Waals surface area contributed by atoms with Crippen LogP contribution in [0.15, 0.2) is 12.5 Å². The van der Waals surface area contributed by atoms with E-state index in [1.165, 1.54) is 17.1 Å². The first kappa shape index (κ1) is 11.2. The van der Waals surface area contributed by atoms with Gasteiger partial charge in [0.25, 0.3) is 0 Å². The number of hydrogen-bond donors (Lipinski definition) is 1. The molecular weight excluding hydrogens is 198 g/mol. The minimum absolute atomic E-state index is 0.0352. The quantitative estimate of drug-likeness (QED) is 0.686. The van der Waals surface area contributed by atoms with Gasteiger partial charge in [0, 0.05) is 6.20 Å². The van der Waals surface area contributed by atoms with Gasteiger partial charge >= 0.3 is 5.97 Å². The fourth-order valence-corrected chi connectivity index (χ4v) is 1.03. The minimum atomic E-state index is -1.23. The molecule has 1 aromatic rings. The standard InChI is InChI=1S/C9H11N3O3/c1-2-15-9(14)8(13)5-12-4-7(3-10)11-6-12/h4,6,8,13H,2,5H2,1H3/t8-/m1/s1. The summed E-state index contributed by atoms with van der Waals surface area (Å²) in [5.41, 5.74) is 0.242. The van der Waals surface area contributed by atoms with Gasteiger partial charge in [0.05, 0.1) is 19.5 Å². The molecule has 1 heterocycles. The van der Waals surface area contributed by atoms with Crippen LogP contribution < -0.4 is 0 Å². The van der Waals surface area contributed by atoms with Crippen LogP contribution in [0.4, 0.5) is 0 Å². The number of ether oxygens (including phenoxy) is 1. The molecule has 0 saturated carbocycles. The summed E-state index contributed by atoms with van der Waals surface area (Å²) in [6.07, 6.45) is 1.59. The van der Waals surface area contributed by atoms with Crippen molar-refractivity contribution < 1.29 is 14.6 Å². The van der Waals surface area contributed by atoms with Gasteiger partial charge in [-0.3, -0.25) is 0 Å². The SMILES string of the molecule is CCOC(=O)[C@H](O)Cn1cnc(C#N)c1. The van der Waals surface area contributed by atoms with Gasteiger partial charge in [-0.1, -0.05) is 0 Å². The zero-order chi connectivity index (χ0) is 11.3. The Morgan fingerprint density at radius 1 is 1.87 bits per heavy atom. The van der Waals surface area contributed by atoms with Crippen molar-refractivity contribution in [1.82, 2.24) is 9.55 Å². The molecule has 0 aliphatic rings. The molecular formula is C9H11N3O3. The van der Waals surface area contributed by atoms with Crippen molar-refractivity contribution in [3.8, 4) is 6.07 Å². The van der Waals surface area contributed by atoms with Gasteiger partial charge in [-0.15, -0.1) is 0 Å². The molecule has 0 fully saturated rings. The molecule has 0 aliphatic carbocycles. The molecule has 80 valence electrons. The van der Waals surface area contributed by atoms with E-state index in [0.717, 1.165) is 0 Å². The fourth-order valence-electron chi connectivity index (χ4n) is 1.03. The van der Waals surface area contributed by atoms with E-state index in [4.69, 9.17) is 5.26 Å². The topological polar surface area (TPSA) is 88.1 Å². The lowest BCUT2D eigenvalue weighted by Crippen LogP contribution is -2.27. The van der Waals surface area contributed by atoms with Crippen molar-refractivity contribution in [2.45, 2.75) is 19.6 Å². The number of aromatic nitrogens is 2. The molecule has 0 aromatic carbocycles. The average molecular weight is 209 g/mol. The van der Waals surface area contributed by atoms with Crippen LogP contribution in [-0.4, -0.2) is 33.3 Å². The molecule has 15 heavy (non-hydrogen) atoms. The van der Waals surface area contributed by atoms with Gasteiger partial charge in [-0.25, -0.2) is 9.78 Å². The van der Waals surface area contributed by atoms with Gasteiger partial charge < -0.3 is 14.4 Å². The van der Waals surface area contributed by atoms with E-state index in [2.05, 4.69) is 9.72 Å². The molecule has 1 N–H and O–H groups in total. The lowest BCUT2D eigenvalue weighted by atomic mass is 10.3. The third-order valence-electron chi connectivity index (χ3n) is 1.69. The Morgan fingerprint density at radius 2 is 2.60 bits per heavy atom. The zero-order valence-electron chi connectivity index (χ0n) is 8.25. The number of aliphatic hydroxyl groups is 1. The van der Waals surface area contributed by atoms with Crippen molar-refractivity contribution in [2.24, 2.45) is 0 Å². The zero-order valence-corrected chi connectivity index (χ0v) is 8.25. The molecule has 6 heteroatoms. The summed E-state index contributed by atoms with van der Waals surface area (Å²) in [4.78, 5) is 14.8. The summed E-state index contributed by atoms with van der Waals surface area (Å²) in [7, 11) is 0. The predicted molar refractivity (Wildman–Crippen MR) is 49.6 cm³/mol. The number of hydrogen-bond acceptors (Lipinski definition) is 5. The number of rotatable bonds is 4. The van der Waals surface area contributed by atoms with Crippen LogP contribution in [0.3, 0.4) is 0 Å². The second-order valence-electron chi connectivity index (χ2n) is 2.84. The number of aliphatic hydroxyl groups excluding tert-OH is 1. The average Bonchev–Trinajstić information content (AvgIpc) is 2.66. The molecule has 0 saturated heterocycles. The first-order valence-electron chi connectivity index (χ1n) is 4.44. The smallest absolute Gasteiger partial charge is 0.336 e. The highest BCUT2D eigenvalue weighted by Crippen LogP contribution is 1.98. The van der Waals surface area contributed by atoms with Crippen LogP contribution in [0.1, 0.15) is 12.6 Å². The predicted octanol–water partition coefficient (Wildman–Crippen LogP) is -0.321. The second-order valence-corrected chi connectivity index (χ2v) is 2.84. The number of nitriles is 1. The van der Waals surface area contributed by atoms with Crippen LogP contribution in [0.25, 0.3) is 0 Å². The van der Waals surface area contributed by atoms with Crippen molar-refractivity contribution in [2.75, 3.05) is 6.61 Å². The molecule has 0 radical (unpaired) electrons. The van der Waals surface area contributed by atoms with E-state index in [0.29, 0.717) is 0 Å². The molecule has 6 nitrogen and oxygen atoms in total. The van der Waals surface area contributed by atoms with Crippen LogP contribution >= 0.6 is 0 Å². The van der Waals surface area contributed by atoms with Crippen molar-refractivity contribution in [3.63, 3.8) is 0 Å². The molecule has 1 aromatic heterocycles. The van der Waals surface area contributed by atoms with E-state index in [1.54, 1.807) is 6.92 Å². The summed E-state index contributed by atoms with van der Waals surface area (Å²) < 4.78 is 6.08. The number of nitrogens with zero attached hydrogens (tertiary/aromatic N) is 3. The Balaban J connectivity index is 2.55. The van der Waals surface area contributed by atoms with E-state index >= 15 is 0 Å². The maximum Gasteiger partial charge on any atom is 0.336 e. The Labute approximate surface area is 86.7 Å². The molecule has 1 atom stereocenters. The Morgan fingerprint density at radius 3 is 3.13 bits per heavy atom. The van der Waals surface area contributed by atoms with Crippen LogP contribution in [0, 0.1) is 11.3 Å². The van der Waals surface area contributed by atoms with Crippen LogP contribution in [0.2, 0.25) is 0 Å². The van der Waals surface area contributed by atoms with Gasteiger partial charge in [-0.05, 0) is 6.92 Å². The van der Waals surface area contributed by atoms with Gasteiger partial charge in [0.15, 0.2) is 11.8 Å². The second kappa shape index (κ2) is 5.12. The maximum absolute atomic E-state index is 11.1. The van der Waals surface area contributed by atoms with Gasteiger partial charge in [-0.2, -0.15) is 5.26 Å². The third kappa shape index (κ3) is 3.07. The lowest BCUT2D eigenvalue weighted by molar-refractivity contribution is -0.153. The molecule has 0 spiro atoms. The lowest BCUT2D eigenvalue weighted by Gasteiger charge is -2.09. The first-order chi connectivity index (χ1) is 7.17. The maximum atomic E-state index is 11.1. The van der Waals surface area contributed by atoms with Crippen molar-refractivity contribution in [3.05, 3.63) is 18.2 Å². The van der Waals surface area contributed by atoms with E-state index in [9.17, 15) is 9.90 Å². The monoisotopic (exact) mass is 209 g/mol. The van der Waals surface area contributed by atoms with E-state index in [1.807, 2.05) is 6.07 Å². The molecule has 0 amide bonds. The molecule has 0 bridgehead atoms. The number of carbonyl (C=O) groups is 1. The van der Waals surface area contributed by atoms with E-state index in [-0.39, 0.29) is 18.8 Å². The minimum Gasteiger partial charge on any atom is -0.464 e. The highest BCUT2D eigenvalue weighted by atomic mass is 16.5. The third-order valence-corrected chi connectivity index (χ3v) is 1.69. The number of esters is 1. The molecule has 1 rings (SSSR count). The van der Waals surface area contributed by atoms with Crippen LogP contribution in [-0.2, 0) is 16.1 Å². The van der Waals surface area contributed by atoms with E-state index < -0.39 is 12.1 Å². The van der Waals surface area contributed by atoms with Gasteiger partial charge in [0.1, 0.15) is 6.07 Å². The van der Waals surface area contributed by atoms with Crippen LogP contribution in [0.5, 0.6) is 0 Å². The molecule has 0 unspecified atom stereocenters. The van der Waals surface area contributed by atoms with Crippen molar-refractivity contribution in [1.29, 1.82) is 5.26 Å². The summed E-state index contributed by atoms with van der Waals surface area (Å²) in [5.74, 6) is -0.676. The Bertz CT molecular complexity index is 380. The summed E-state index contributed by atoms with van der Waals surface area (Å²) in [6.45, 7) is 1.92. The summed E-state index contributed by atoms with van der Waals surface area (Å²) >= 11 is 0. The fraction of sp³-hybridized carbons (Fsp3) is 0.444. The highest BCUT2D eigenvalue weighted by Gasteiger charge is 2.16. The number of imidazole rings is 1. The molecule has 0 aliphatic heterocycles. The largest absolute Gasteiger partial charge is 0.464 e. The summed E-state index contributed by atoms with van der Waals surface area (Å²) in [5, 5.41) is 17.9. The number of carbonyl (C=O) groups excluding carboxylic acids is 1. The first-order valence-corrected chi connectivity index (χ1v) is 4.44. The van der Waals surface area contributed by atoms with Gasteiger partial charge in [0.2, 0.25) is 0 Å². The highest BCUT2D eigenvalue weighted by molar-refractivity contribution is 5.74. The summed E-state index contributed by atoms with van der Waals surface area (Å²) in [6, 6.07) is 1.85. The Hall–Kier alpha value is -1.87. The van der Waals surface area contributed by atoms with Crippen molar-refractivity contribution >= 4 is 5.97 Å². The normalized spacial score (nSPS) is 11.8. The Kier molecular flexibility index (Phi) is 3.83.